The first-order valence-electron chi connectivity index (χ1n) is 5.41. The van der Waals surface area contributed by atoms with Crippen LogP contribution in [0.3, 0.4) is 0 Å². The van der Waals surface area contributed by atoms with E-state index in [0.717, 1.165) is 11.4 Å². The lowest BCUT2D eigenvalue weighted by molar-refractivity contribution is -0.145. The van der Waals surface area contributed by atoms with Gasteiger partial charge in [0.1, 0.15) is 0 Å². The number of hydrogen-bond acceptors (Lipinski definition) is 4. The average Bonchev–Trinajstić information content (AvgIpc) is 2.83. The maximum Gasteiger partial charge on any atom is 0.311 e. The third-order valence-corrected chi connectivity index (χ3v) is 3.16. The zero-order valence-corrected chi connectivity index (χ0v) is 10.1. The summed E-state index contributed by atoms with van der Waals surface area (Å²) in [5, 5.41) is 4.09. The molecule has 0 saturated carbocycles. The van der Waals surface area contributed by atoms with Crippen molar-refractivity contribution >= 4 is 17.6 Å². The van der Waals surface area contributed by atoms with Crippen molar-refractivity contribution in [2.75, 3.05) is 18.6 Å². The molecule has 0 aromatic carbocycles. The lowest BCUT2D eigenvalue weighted by Gasteiger charge is -2.15. The van der Waals surface area contributed by atoms with E-state index in [1.165, 1.54) is 7.11 Å². The van der Waals surface area contributed by atoms with Gasteiger partial charge in [0, 0.05) is 20.0 Å². The minimum atomic E-state index is -0.368. The Morgan fingerprint density at radius 3 is 2.82 bits per heavy atom. The molecule has 0 aliphatic carbocycles. The molecule has 1 aliphatic rings. The van der Waals surface area contributed by atoms with Crippen molar-refractivity contribution in [2.24, 2.45) is 13.0 Å². The van der Waals surface area contributed by atoms with Crippen molar-refractivity contribution in [3.8, 4) is 0 Å². The molecule has 1 aromatic heterocycles. The Hall–Kier alpha value is -1.85. The number of ether oxygens (including phenoxy) is 1. The van der Waals surface area contributed by atoms with E-state index in [1.54, 1.807) is 15.8 Å². The number of carbonyl (C=O) groups excluding carboxylic acids is 2. The molecule has 0 spiro atoms. The number of rotatable bonds is 2. The van der Waals surface area contributed by atoms with Crippen LogP contribution in [0.25, 0.3) is 0 Å². The lowest BCUT2D eigenvalue weighted by atomic mass is 10.1. The van der Waals surface area contributed by atoms with Gasteiger partial charge in [-0.25, -0.2) is 0 Å². The number of amides is 1. The molecule has 17 heavy (non-hydrogen) atoms. The molecule has 1 aliphatic heterocycles. The summed E-state index contributed by atoms with van der Waals surface area (Å²) in [6.07, 6.45) is 1.86. The van der Waals surface area contributed by atoms with Crippen molar-refractivity contribution in [1.29, 1.82) is 0 Å². The predicted octanol–water partition coefficient (Wildman–Crippen LogP) is 0.254. The summed E-state index contributed by atoms with van der Waals surface area (Å²) in [4.78, 5) is 24.9. The second-order valence-corrected chi connectivity index (χ2v) is 4.17. The third kappa shape index (κ3) is 1.90. The van der Waals surface area contributed by atoms with E-state index in [2.05, 4.69) is 9.84 Å². The van der Waals surface area contributed by atoms with Gasteiger partial charge in [-0.1, -0.05) is 0 Å². The van der Waals surface area contributed by atoms with Crippen molar-refractivity contribution in [1.82, 2.24) is 9.78 Å². The van der Waals surface area contributed by atoms with Crippen molar-refractivity contribution < 1.29 is 14.3 Å². The summed E-state index contributed by atoms with van der Waals surface area (Å²) in [6, 6.07) is 0. The molecule has 1 fully saturated rings. The topological polar surface area (TPSA) is 64.4 Å². The van der Waals surface area contributed by atoms with Crippen molar-refractivity contribution in [3.63, 3.8) is 0 Å². The van der Waals surface area contributed by atoms with Gasteiger partial charge in [0.2, 0.25) is 5.91 Å². The monoisotopic (exact) mass is 237 g/mol. The van der Waals surface area contributed by atoms with Crippen LogP contribution in [0.1, 0.15) is 12.1 Å². The molecule has 6 heteroatoms. The zero-order chi connectivity index (χ0) is 12.6. The number of aromatic nitrogens is 2. The predicted molar refractivity (Wildman–Crippen MR) is 60.4 cm³/mol. The van der Waals surface area contributed by atoms with Gasteiger partial charge < -0.3 is 9.64 Å². The SMILES string of the molecule is COC(=O)C1CC(=O)N(c2cnn(C)c2C)C1. The van der Waals surface area contributed by atoms with E-state index in [-0.39, 0.29) is 24.2 Å². The van der Waals surface area contributed by atoms with E-state index >= 15 is 0 Å². The lowest BCUT2D eigenvalue weighted by Crippen LogP contribution is -2.26. The van der Waals surface area contributed by atoms with Gasteiger partial charge in [0.25, 0.3) is 0 Å². The summed E-state index contributed by atoms with van der Waals surface area (Å²) < 4.78 is 6.37. The fourth-order valence-electron chi connectivity index (χ4n) is 2.02. The number of carbonyl (C=O) groups is 2. The van der Waals surface area contributed by atoms with Crippen LogP contribution in [0.4, 0.5) is 5.69 Å². The van der Waals surface area contributed by atoms with Crippen molar-refractivity contribution in [2.45, 2.75) is 13.3 Å². The molecular formula is C11H15N3O3. The van der Waals surface area contributed by atoms with Crippen LogP contribution in [0, 0.1) is 12.8 Å². The average molecular weight is 237 g/mol. The molecule has 2 heterocycles. The highest BCUT2D eigenvalue weighted by Crippen LogP contribution is 2.27. The number of hydrogen-bond donors (Lipinski definition) is 0. The minimum Gasteiger partial charge on any atom is -0.469 e. The maximum atomic E-state index is 11.8. The van der Waals surface area contributed by atoms with E-state index in [0.29, 0.717) is 6.54 Å². The number of methoxy groups -OCH3 is 1. The molecule has 2 rings (SSSR count). The van der Waals surface area contributed by atoms with E-state index in [4.69, 9.17) is 0 Å². The Kier molecular flexibility index (Phi) is 2.87. The van der Waals surface area contributed by atoms with Gasteiger partial charge in [-0.2, -0.15) is 5.10 Å². The summed E-state index contributed by atoms with van der Waals surface area (Å²) in [6.45, 7) is 2.26. The number of nitrogens with zero attached hydrogens (tertiary/aromatic N) is 3. The quantitative estimate of drug-likeness (QED) is 0.692. The van der Waals surface area contributed by atoms with E-state index in [9.17, 15) is 9.59 Å². The van der Waals surface area contributed by atoms with Gasteiger partial charge in [-0.05, 0) is 6.92 Å². The van der Waals surface area contributed by atoms with Gasteiger partial charge in [0.05, 0.1) is 30.6 Å². The second-order valence-electron chi connectivity index (χ2n) is 4.17. The normalized spacial score (nSPS) is 19.8. The molecule has 1 aromatic rings. The zero-order valence-electron chi connectivity index (χ0n) is 10.1. The van der Waals surface area contributed by atoms with Crippen LogP contribution >= 0.6 is 0 Å². The Balaban J connectivity index is 2.21. The van der Waals surface area contributed by atoms with E-state index in [1.807, 2.05) is 14.0 Å². The standard InChI is InChI=1S/C11H15N3O3/c1-7-9(5-12-13(7)2)14-6-8(4-10(14)15)11(16)17-3/h5,8H,4,6H2,1-3H3. The first kappa shape index (κ1) is 11.6. The van der Waals surface area contributed by atoms with Crippen LogP contribution in [-0.4, -0.2) is 35.3 Å². The summed E-state index contributed by atoms with van der Waals surface area (Å²) in [5.41, 5.74) is 1.67. The van der Waals surface area contributed by atoms with Crippen LogP contribution in [0.5, 0.6) is 0 Å². The molecule has 1 unspecified atom stereocenters. The second kappa shape index (κ2) is 4.20. The van der Waals surface area contributed by atoms with Crippen LogP contribution < -0.4 is 4.90 Å². The highest BCUT2D eigenvalue weighted by atomic mass is 16.5. The van der Waals surface area contributed by atoms with E-state index < -0.39 is 0 Å². The summed E-state index contributed by atoms with van der Waals surface area (Å²) >= 11 is 0. The largest absolute Gasteiger partial charge is 0.469 e. The molecule has 92 valence electrons. The Labute approximate surface area is 99.1 Å². The van der Waals surface area contributed by atoms with Crippen molar-refractivity contribution in [3.05, 3.63) is 11.9 Å². The fourth-order valence-corrected chi connectivity index (χ4v) is 2.02. The first-order valence-corrected chi connectivity index (χ1v) is 5.41. The number of aryl methyl sites for hydroxylation is 1. The molecule has 6 nitrogen and oxygen atoms in total. The van der Waals surface area contributed by atoms with Gasteiger partial charge in [-0.3, -0.25) is 14.3 Å². The summed E-state index contributed by atoms with van der Waals surface area (Å²) in [5.74, 6) is -0.758. The molecule has 1 amide bonds. The van der Waals surface area contributed by atoms with Gasteiger partial charge in [-0.15, -0.1) is 0 Å². The Morgan fingerprint density at radius 1 is 1.59 bits per heavy atom. The molecule has 0 bridgehead atoms. The highest BCUT2D eigenvalue weighted by Gasteiger charge is 2.36. The maximum absolute atomic E-state index is 11.8. The first-order chi connectivity index (χ1) is 8.04. The molecular weight excluding hydrogens is 222 g/mol. The minimum absolute atomic E-state index is 0.0588. The summed E-state index contributed by atoms with van der Waals surface area (Å²) in [7, 11) is 3.15. The number of anilines is 1. The molecule has 1 saturated heterocycles. The van der Waals surface area contributed by atoms with Crippen LogP contribution in [0.15, 0.2) is 6.20 Å². The fraction of sp³-hybridized carbons (Fsp3) is 0.545. The van der Waals surface area contributed by atoms with Crippen LogP contribution in [0.2, 0.25) is 0 Å². The van der Waals surface area contributed by atoms with Gasteiger partial charge >= 0.3 is 5.97 Å². The molecule has 0 N–H and O–H groups in total. The van der Waals surface area contributed by atoms with Crippen LogP contribution in [-0.2, 0) is 21.4 Å². The molecule has 0 radical (unpaired) electrons. The molecule has 1 atom stereocenters. The Bertz CT molecular complexity index is 467. The van der Waals surface area contributed by atoms with Gasteiger partial charge in [0.15, 0.2) is 0 Å². The highest BCUT2D eigenvalue weighted by molar-refractivity contribution is 5.99. The number of esters is 1. The smallest absolute Gasteiger partial charge is 0.311 e. The third-order valence-electron chi connectivity index (χ3n) is 3.16. The Morgan fingerprint density at radius 2 is 2.29 bits per heavy atom.